The Hall–Kier alpha value is -2.51. The summed E-state index contributed by atoms with van der Waals surface area (Å²) in [7, 11) is -4.04. The van der Waals surface area contributed by atoms with Gasteiger partial charge in [-0.15, -0.1) is 11.6 Å². The normalized spacial score (nSPS) is 15.9. The fraction of sp³-hybridized carbons (Fsp3) is 0.375. The highest BCUT2D eigenvalue weighted by molar-refractivity contribution is 7.89. The van der Waals surface area contributed by atoms with Crippen LogP contribution >= 0.6 is 34.8 Å². The van der Waals surface area contributed by atoms with Crippen LogP contribution in [0.5, 0.6) is 5.75 Å². The SMILES string of the molecule is CC(C)(c1cc(Cl)c(OCCCl)c(Cl)c1)c1ccc(N2C(=O)N(S(C)(=O)=O)C(C)(C)C2=O)c(C#N)c1. The smallest absolute Gasteiger partial charge is 0.346 e. The van der Waals surface area contributed by atoms with Gasteiger partial charge in [0, 0.05) is 5.41 Å². The Bertz CT molecular complexity index is 1380. The molecule has 0 bridgehead atoms. The minimum absolute atomic E-state index is 0.00726. The van der Waals surface area contributed by atoms with Gasteiger partial charge in [0.25, 0.3) is 5.91 Å². The van der Waals surface area contributed by atoms with Crippen LogP contribution in [0.25, 0.3) is 0 Å². The summed E-state index contributed by atoms with van der Waals surface area (Å²) in [5.74, 6) is -0.173. The van der Waals surface area contributed by atoms with Crippen LogP contribution in [0.4, 0.5) is 10.5 Å². The van der Waals surface area contributed by atoms with Gasteiger partial charge in [-0.2, -0.15) is 5.26 Å². The molecular weight excluding hydrogens is 549 g/mol. The molecule has 0 unspecified atom stereocenters. The number of nitrogens with zero attached hydrogens (tertiary/aromatic N) is 3. The predicted molar refractivity (Wildman–Crippen MR) is 140 cm³/mol. The second-order valence-corrected chi connectivity index (χ2v) is 12.3. The zero-order valence-electron chi connectivity index (χ0n) is 20.2. The lowest BCUT2D eigenvalue weighted by atomic mass is 9.77. The van der Waals surface area contributed by atoms with E-state index in [1.54, 1.807) is 24.3 Å². The number of imide groups is 1. The van der Waals surface area contributed by atoms with Crippen LogP contribution in [0.15, 0.2) is 30.3 Å². The molecule has 1 saturated heterocycles. The van der Waals surface area contributed by atoms with Gasteiger partial charge in [-0.3, -0.25) is 4.79 Å². The third kappa shape index (κ3) is 4.75. The molecular formula is C24H24Cl3N3O5S. The molecule has 0 radical (unpaired) electrons. The summed E-state index contributed by atoms with van der Waals surface area (Å²) >= 11 is 18.5. The Labute approximate surface area is 225 Å². The van der Waals surface area contributed by atoms with Crippen LogP contribution in [-0.4, -0.2) is 48.9 Å². The molecule has 12 heteroatoms. The summed E-state index contributed by atoms with van der Waals surface area (Å²) < 4.78 is 30.5. The van der Waals surface area contributed by atoms with Crippen LogP contribution in [0.1, 0.15) is 44.4 Å². The minimum Gasteiger partial charge on any atom is -0.489 e. The van der Waals surface area contributed by atoms with Crippen LogP contribution in [0.3, 0.4) is 0 Å². The Kier molecular flexibility index (Phi) is 7.60. The molecule has 0 N–H and O–H groups in total. The zero-order chi connectivity index (χ0) is 27.2. The molecule has 192 valence electrons. The molecule has 0 spiro atoms. The van der Waals surface area contributed by atoms with Gasteiger partial charge in [0.1, 0.15) is 18.2 Å². The Morgan fingerprint density at radius 3 is 2.14 bits per heavy atom. The van der Waals surface area contributed by atoms with E-state index in [-0.39, 0.29) is 23.7 Å². The highest BCUT2D eigenvalue weighted by Crippen LogP contribution is 2.42. The Morgan fingerprint density at radius 1 is 1.08 bits per heavy atom. The van der Waals surface area contributed by atoms with Gasteiger partial charge in [0.15, 0.2) is 5.75 Å². The van der Waals surface area contributed by atoms with E-state index in [1.807, 2.05) is 19.9 Å². The first-order chi connectivity index (χ1) is 16.6. The topological polar surface area (TPSA) is 108 Å². The van der Waals surface area contributed by atoms with Gasteiger partial charge in [0.2, 0.25) is 10.0 Å². The third-order valence-corrected chi connectivity index (χ3v) is 8.05. The second kappa shape index (κ2) is 9.75. The van der Waals surface area contributed by atoms with Gasteiger partial charge in [-0.25, -0.2) is 22.4 Å². The third-order valence-electron chi connectivity index (χ3n) is 6.05. The molecule has 0 saturated carbocycles. The van der Waals surface area contributed by atoms with E-state index in [0.29, 0.717) is 25.7 Å². The van der Waals surface area contributed by atoms with Gasteiger partial charge in [0.05, 0.1) is 33.4 Å². The van der Waals surface area contributed by atoms with Crippen molar-refractivity contribution in [3.05, 3.63) is 57.1 Å². The van der Waals surface area contributed by atoms with Crippen molar-refractivity contribution >= 4 is 62.5 Å². The number of ether oxygens (including phenoxy) is 1. The zero-order valence-corrected chi connectivity index (χ0v) is 23.3. The number of carbonyl (C=O) groups excluding carboxylic acids is 2. The number of amides is 3. The van der Waals surface area contributed by atoms with Crippen LogP contribution in [0.2, 0.25) is 10.0 Å². The van der Waals surface area contributed by atoms with E-state index >= 15 is 0 Å². The fourth-order valence-electron chi connectivity index (χ4n) is 4.12. The summed E-state index contributed by atoms with van der Waals surface area (Å²) in [6, 6.07) is 9.05. The number of sulfonamides is 1. The van der Waals surface area contributed by atoms with Gasteiger partial charge in [-0.1, -0.05) is 43.1 Å². The molecule has 36 heavy (non-hydrogen) atoms. The molecule has 1 fully saturated rings. The molecule has 1 heterocycles. The number of benzene rings is 2. The second-order valence-electron chi connectivity index (χ2n) is 9.28. The molecule has 2 aromatic rings. The van der Waals surface area contributed by atoms with Crippen molar-refractivity contribution in [1.29, 1.82) is 5.26 Å². The Morgan fingerprint density at radius 2 is 1.67 bits per heavy atom. The van der Waals surface area contributed by atoms with Gasteiger partial charge in [-0.05, 0) is 49.2 Å². The van der Waals surface area contributed by atoms with Crippen LogP contribution in [-0.2, 0) is 20.2 Å². The largest absolute Gasteiger partial charge is 0.489 e. The van der Waals surface area contributed by atoms with E-state index in [2.05, 4.69) is 0 Å². The average molecular weight is 573 g/mol. The van der Waals surface area contributed by atoms with E-state index in [9.17, 15) is 23.3 Å². The van der Waals surface area contributed by atoms with Crippen molar-refractivity contribution in [3.8, 4) is 11.8 Å². The molecule has 2 aromatic carbocycles. The van der Waals surface area contributed by atoms with Crippen molar-refractivity contribution in [1.82, 2.24) is 4.31 Å². The van der Waals surface area contributed by atoms with Gasteiger partial charge >= 0.3 is 6.03 Å². The number of hydrogen-bond donors (Lipinski definition) is 0. The number of carbonyl (C=O) groups is 2. The predicted octanol–water partition coefficient (Wildman–Crippen LogP) is 5.32. The van der Waals surface area contributed by atoms with Crippen LogP contribution < -0.4 is 9.64 Å². The highest BCUT2D eigenvalue weighted by atomic mass is 35.5. The number of nitriles is 1. The minimum atomic E-state index is -4.04. The Balaban J connectivity index is 2.08. The number of halogens is 3. The van der Waals surface area contributed by atoms with Crippen LogP contribution in [0, 0.1) is 11.3 Å². The van der Waals surface area contributed by atoms with E-state index in [0.717, 1.165) is 16.7 Å². The monoisotopic (exact) mass is 571 g/mol. The molecule has 3 rings (SSSR count). The fourth-order valence-corrected chi connectivity index (χ4v) is 6.07. The molecule has 8 nitrogen and oxygen atoms in total. The average Bonchev–Trinajstić information content (AvgIpc) is 2.95. The van der Waals surface area contributed by atoms with E-state index in [4.69, 9.17) is 39.5 Å². The first-order valence-electron chi connectivity index (χ1n) is 10.7. The van der Waals surface area contributed by atoms with Crippen molar-refractivity contribution in [2.24, 2.45) is 0 Å². The lowest BCUT2D eigenvalue weighted by Crippen LogP contribution is -2.47. The number of anilines is 1. The standard InChI is InChI=1S/C24H24Cl3N3O5S/c1-23(2,16-11-17(26)20(18(27)12-16)35-9-8-25)15-6-7-19(14(10-15)13-28)29-21(31)24(3,4)30(22(29)32)36(5,33)34/h6-7,10-12H,8-9H2,1-5H3. The quantitative estimate of drug-likeness (QED) is 0.328. The van der Waals surface area contributed by atoms with Crippen molar-refractivity contribution in [2.45, 2.75) is 38.6 Å². The lowest BCUT2D eigenvalue weighted by Gasteiger charge is -2.28. The summed E-state index contributed by atoms with van der Waals surface area (Å²) in [5, 5.41) is 10.5. The first kappa shape index (κ1) is 28.1. The summed E-state index contributed by atoms with van der Waals surface area (Å²) in [6.07, 6.45) is 0.850. The molecule has 0 atom stereocenters. The number of rotatable bonds is 7. The molecule has 0 aromatic heterocycles. The van der Waals surface area contributed by atoms with Gasteiger partial charge < -0.3 is 4.74 Å². The van der Waals surface area contributed by atoms with Crippen molar-refractivity contribution in [2.75, 3.05) is 23.6 Å². The first-order valence-corrected chi connectivity index (χ1v) is 13.8. The molecule has 1 aliphatic heterocycles. The molecule has 1 aliphatic rings. The highest BCUT2D eigenvalue weighted by Gasteiger charge is 2.56. The summed E-state index contributed by atoms with van der Waals surface area (Å²) in [6.45, 7) is 6.70. The summed E-state index contributed by atoms with van der Waals surface area (Å²) in [5.41, 5.74) is -0.942. The van der Waals surface area contributed by atoms with E-state index < -0.39 is 32.9 Å². The maximum atomic E-state index is 13.1. The van der Waals surface area contributed by atoms with E-state index in [1.165, 1.54) is 19.9 Å². The number of urea groups is 1. The molecule has 3 amide bonds. The lowest BCUT2D eigenvalue weighted by molar-refractivity contribution is -0.122. The van der Waals surface area contributed by atoms with Crippen molar-refractivity contribution < 1.29 is 22.7 Å². The number of hydrogen-bond acceptors (Lipinski definition) is 6. The molecule has 0 aliphatic carbocycles. The summed E-state index contributed by atoms with van der Waals surface area (Å²) in [4.78, 5) is 26.8. The maximum absolute atomic E-state index is 13.1. The van der Waals surface area contributed by atoms with Crippen molar-refractivity contribution in [3.63, 3.8) is 0 Å². The number of alkyl halides is 1. The maximum Gasteiger partial charge on any atom is 0.346 e.